The van der Waals surface area contributed by atoms with Crippen LogP contribution in [-0.2, 0) is 14.3 Å². The zero-order valence-electron chi connectivity index (χ0n) is 6.03. The molecule has 0 heterocycles. The predicted molar refractivity (Wildman–Crippen MR) is 45.1 cm³/mol. The molecule has 0 atom stereocenters. The van der Waals surface area contributed by atoms with Crippen LogP contribution in [0, 0.1) is 7.11 Å². The van der Waals surface area contributed by atoms with Crippen molar-refractivity contribution in [3.63, 3.8) is 0 Å². The monoisotopic (exact) mass is 205 g/mol. The first-order chi connectivity index (χ1) is 5.58. The molecule has 0 N–H and O–H groups in total. The van der Waals surface area contributed by atoms with Crippen LogP contribution in [0.1, 0.15) is 0 Å². The van der Waals surface area contributed by atoms with Crippen LogP contribution in [0.2, 0.25) is 5.02 Å². The van der Waals surface area contributed by atoms with Crippen LogP contribution in [-0.4, -0.2) is 8.42 Å². The molecule has 0 saturated heterocycles. The van der Waals surface area contributed by atoms with Crippen molar-refractivity contribution in [1.29, 1.82) is 0 Å². The highest BCUT2D eigenvalue weighted by Gasteiger charge is 2.15. The summed E-state index contributed by atoms with van der Waals surface area (Å²) in [6, 6.07) is 6.00. The Labute approximate surface area is 76.0 Å². The van der Waals surface area contributed by atoms with Crippen molar-refractivity contribution >= 4 is 21.7 Å². The van der Waals surface area contributed by atoms with E-state index in [1.54, 1.807) is 12.1 Å². The van der Waals surface area contributed by atoms with Crippen molar-refractivity contribution < 1.29 is 12.6 Å². The molecule has 0 fully saturated rings. The summed E-state index contributed by atoms with van der Waals surface area (Å²) in [4.78, 5) is -0.0679. The highest BCUT2D eigenvalue weighted by Crippen LogP contribution is 2.21. The van der Waals surface area contributed by atoms with Gasteiger partial charge < -0.3 is 0 Å². The van der Waals surface area contributed by atoms with Gasteiger partial charge in [-0.1, -0.05) is 23.7 Å². The number of benzene rings is 1. The standard InChI is InChI=1S/C7H6ClO3S/c1-11-12(9,10)7-5-3-2-4-6(7)8/h2-5H,1H2. The normalized spacial score (nSPS) is 11.5. The zero-order chi connectivity index (χ0) is 9.19. The van der Waals surface area contributed by atoms with Crippen molar-refractivity contribution in [2.45, 2.75) is 4.90 Å². The van der Waals surface area contributed by atoms with Crippen molar-refractivity contribution in [3.05, 3.63) is 36.4 Å². The lowest BCUT2D eigenvalue weighted by Gasteiger charge is -2.01. The van der Waals surface area contributed by atoms with E-state index in [4.69, 9.17) is 11.6 Å². The van der Waals surface area contributed by atoms with Gasteiger partial charge in [0.2, 0.25) is 0 Å². The van der Waals surface area contributed by atoms with Gasteiger partial charge in [0.15, 0.2) is 0 Å². The summed E-state index contributed by atoms with van der Waals surface area (Å²) in [6.07, 6.45) is 0. The van der Waals surface area contributed by atoms with E-state index in [-0.39, 0.29) is 9.92 Å². The van der Waals surface area contributed by atoms with E-state index in [9.17, 15) is 8.42 Å². The number of halogens is 1. The van der Waals surface area contributed by atoms with Gasteiger partial charge in [-0.15, -0.1) is 0 Å². The van der Waals surface area contributed by atoms with Gasteiger partial charge in [0.05, 0.1) is 12.1 Å². The van der Waals surface area contributed by atoms with E-state index in [0.717, 1.165) is 0 Å². The molecular formula is C7H6ClO3S. The van der Waals surface area contributed by atoms with E-state index >= 15 is 0 Å². The van der Waals surface area contributed by atoms with Crippen LogP contribution in [0.15, 0.2) is 29.2 Å². The quantitative estimate of drug-likeness (QED) is 0.692. The largest absolute Gasteiger partial charge is 0.298 e. The third kappa shape index (κ3) is 1.77. The Balaban J connectivity index is 3.30. The Kier molecular flexibility index (Phi) is 2.72. The highest BCUT2D eigenvalue weighted by atomic mass is 35.5. The molecule has 0 saturated carbocycles. The molecule has 0 aromatic heterocycles. The Morgan fingerprint density at radius 3 is 2.42 bits per heavy atom. The molecule has 0 aliphatic carbocycles. The van der Waals surface area contributed by atoms with Crippen LogP contribution < -0.4 is 0 Å². The molecule has 1 rings (SSSR count). The van der Waals surface area contributed by atoms with Gasteiger partial charge in [0.1, 0.15) is 4.90 Å². The Morgan fingerprint density at radius 1 is 1.33 bits per heavy atom. The molecular weight excluding hydrogens is 200 g/mol. The minimum atomic E-state index is -3.77. The molecule has 3 nitrogen and oxygen atoms in total. The molecule has 1 aromatic carbocycles. The van der Waals surface area contributed by atoms with Crippen molar-refractivity contribution in [3.8, 4) is 0 Å². The summed E-state index contributed by atoms with van der Waals surface area (Å²) in [7, 11) is -0.944. The molecule has 12 heavy (non-hydrogen) atoms. The highest BCUT2D eigenvalue weighted by molar-refractivity contribution is 7.87. The van der Waals surface area contributed by atoms with E-state index in [1.807, 2.05) is 0 Å². The molecule has 1 aromatic rings. The maximum Gasteiger partial charge on any atom is 0.298 e. The SMILES string of the molecule is [CH2]OS(=O)(=O)c1ccccc1Cl. The summed E-state index contributed by atoms with van der Waals surface area (Å²) in [6.45, 7) is 0. The lowest BCUT2D eigenvalue weighted by Crippen LogP contribution is -2.01. The van der Waals surface area contributed by atoms with Crippen molar-refractivity contribution in [2.24, 2.45) is 0 Å². The van der Waals surface area contributed by atoms with E-state index in [2.05, 4.69) is 11.3 Å². The third-order valence-corrected chi connectivity index (χ3v) is 2.91. The Hall–Kier alpha value is -0.580. The molecule has 5 heteroatoms. The summed E-state index contributed by atoms with van der Waals surface area (Å²) in [5, 5.41) is 0.126. The van der Waals surface area contributed by atoms with Crippen molar-refractivity contribution in [2.75, 3.05) is 0 Å². The molecule has 0 unspecified atom stereocenters. The summed E-state index contributed by atoms with van der Waals surface area (Å²) < 4.78 is 26.1. The first kappa shape index (κ1) is 9.51. The molecule has 0 spiro atoms. The van der Waals surface area contributed by atoms with Gasteiger partial charge in [-0.25, -0.2) is 0 Å². The summed E-state index contributed by atoms with van der Waals surface area (Å²) in [5.74, 6) is 0. The molecule has 65 valence electrons. The van der Waals surface area contributed by atoms with Gasteiger partial charge in [-0.3, -0.25) is 4.18 Å². The number of hydrogen-bond acceptors (Lipinski definition) is 3. The minimum Gasteiger partial charge on any atom is -0.264 e. The van der Waals surface area contributed by atoms with Crippen molar-refractivity contribution in [1.82, 2.24) is 0 Å². The average Bonchev–Trinajstić information content (AvgIpc) is 2.05. The molecule has 0 bridgehead atoms. The topological polar surface area (TPSA) is 43.4 Å². The fourth-order valence-electron chi connectivity index (χ4n) is 0.711. The lowest BCUT2D eigenvalue weighted by atomic mass is 10.4. The van der Waals surface area contributed by atoms with Crippen LogP contribution in [0.5, 0.6) is 0 Å². The molecule has 1 radical (unpaired) electrons. The zero-order valence-corrected chi connectivity index (χ0v) is 7.60. The second-order valence-corrected chi connectivity index (χ2v) is 3.99. The van der Waals surface area contributed by atoms with E-state index < -0.39 is 10.1 Å². The van der Waals surface area contributed by atoms with Crippen LogP contribution >= 0.6 is 11.6 Å². The van der Waals surface area contributed by atoms with E-state index in [1.165, 1.54) is 12.1 Å². The fourth-order valence-corrected chi connectivity index (χ4v) is 1.81. The van der Waals surface area contributed by atoms with Crippen LogP contribution in [0.3, 0.4) is 0 Å². The first-order valence-corrected chi connectivity index (χ1v) is 4.80. The van der Waals surface area contributed by atoms with E-state index in [0.29, 0.717) is 0 Å². The summed E-state index contributed by atoms with van der Waals surface area (Å²) >= 11 is 5.60. The molecule has 0 amide bonds. The Bertz CT molecular complexity index is 372. The average molecular weight is 206 g/mol. The maximum atomic E-state index is 11.1. The van der Waals surface area contributed by atoms with Gasteiger partial charge in [0, 0.05) is 0 Å². The second kappa shape index (κ2) is 3.43. The first-order valence-electron chi connectivity index (χ1n) is 3.01. The van der Waals surface area contributed by atoms with Crippen LogP contribution in [0.4, 0.5) is 0 Å². The fraction of sp³-hybridized carbons (Fsp3) is 0. The maximum absolute atomic E-state index is 11.1. The number of hydrogen-bond donors (Lipinski definition) is 0. The van der Waals surface area contributed by atoms with Crippen LogP contribution in [0.25, 0.3) is 0 Å². The third-order valence-electron chi connectivity index (χ3n) is 1.26. The predicted octanol–water partition coefficient (Wildman–Crippen LogP) is 1.84. The Morgan fingerprint density at radius 2 is 1.92 bits per heavy atom. The van der Waals surface area contributed by atoms with Gasteiger partial charge in [0.25, 0.3) is 10.1 Å². The number of rotatable bonds is 2. The summed E-state index contributed by atoms with van der Waals surface area (Å²) in [5.41, 5.74) is 0. The lowest BCUT2D eigenvalue weighted by molar-refractivity contribution is 0.438. The minimum absolute atomic E-state index is 0.0679. The van der Waals surface area contributed by atoms with Gasteiger partial charge in [-0.2, -0.15) is 8.42 Å². The molecule has 0 aliphatic heterocycles. The molecule has 0 aliphatic rings. The smallest absolute Gasteiger partial charge is 0.264 e. The van der Waals surface area contributed by atoms with Gasteiger partial charge in [-0.05, 0) is 12.1 Å². The van der Waals surface area contributed by atoms with Gasteiger partial charge >= 0.3 is 0 Å². The second-order valence-electron chi connectivity index (χ2n) is 2.00.